The van der Waals surface area contributed by atoms with Gasteiger partial charge in [-0.25, -0.2) is 4.98 Å². The number of methoxy groups -OCH3 is 1. The molecular formula is C10H10N2O. The minimum Gasteiger partial charge on any atom is -0.497 e. The average Bonchev–Trinajstić information content (AvgIpc) is 2.18. The number of benzene rings is 1. The predicted octanol–water partition coefficient (Wildman–Crippen LogP) is 1.83. The molecule has 1 aromatic carbocycles. The number of hydrogen-bond acceptors (Lipinski definition) is 3. The van der Waals surface area contributed by atoms with Crippen molar-refractivity contribution in [1.29, 1.82) is 0 Å². The molecule has 3 heteroatoms. The lowest BCUT2D eigenvalue weighted by Crippen LogP contribution is -1.91. The van der Waals surface area contributed by atoms with E-state index in [1.54, 1.807) is 13.3 Å². The van der Waals surface area contributed by atoms with E-state index in [0.717, 1.165) is 16.5 Å². The zero-order valence-corrected chi connectivity index (χ0v) is 7.32. The first-order valence-electron chi connectivity index (χ1n) is 3.99. The fourth-order valence-electron chi connectivity index (χ4n) is 1.30. The lowest BCUT2D eigenvalue weighted by molar-refractivity contribution is 0.415. The first-order chi connectivity index (χ1) is 6.31. The molecule has 1 heterocycles. The van der Waals surface area contributed by atoms with Crippen molar-refractivity contribution in [1.82, 2.24) is 4.98 Å². The van der Waals surface area contributed by atoms with Crippen LogP contribution < -0.4 is 10.5 Å². The van der Waals surface area contributed by atoms with Gasteiger partial charge in [-0.05, 0) is 23.6 Å². The molecule has 3 nitrogen and oxygen atoms in total. The Labute approximate surface area is 76.2 Å². The predicted molar refractivity (Wildman–Crippen MR) is 52.7 cm³/mol. The maximum atomic E-state index is 5.71. The number of rotatable bonds is 1. The number of aromatic nitrogens is 1. The van der Waals surface area contributed by atoms with E-state index in [9.17, 15) is 0 Å². The monoisotopic (exact) mass is 174 g/mol. The summed E-state index contributed by atoms with van der Waals surface area (Å²) in [5.41, 5.74) is 5.71. The highest BCUT2D eigenvalue weighted by Gasteiger charge is 1.99. The first kappa shape index (κ1) is 7.86. The second-order valence-corrected chi connectivity index (χ2v) is 2.78. The topological polar surface area (TPSA) is 48.1 Å². The van der Waals surface area contributed by atoms with Crippen LogP contribution in [0.1, 0.15) is 0 Å². The summed E-state index contributed by atoms with van der Waals surface area (Å²) in [5.74, 6) is 1.34. The van der Waals surface area contributed by atoms with E-state index in [1.165, 1.54) is 0 Å². The molecule has 0 spiro atoms. The number of fused-ring (bicyclic) bond motifs is 1. The summed E-state index contributed by atoms with van der Waals surface area (Å²) < 4.78 is 5.09. The van der Waals surface area contributed by atoms with Crippen LogP contribution in [0, 0.1) is 0 Å². The van der Waals surface area contributed by atoms with Gasteiger partial charge in [-0.3, -0.25) is 0 Å². The smallest absolute Gasteiger partial charge is 0.131 e. The van der Waals surface area contributed by atoms with Crippen molar-refractivity contribution >= 4 is 16.6 Å². The molecule has 2 N–H and O–H groups in total. The first-order valence-corrected chi connectivity index (χ1v) is 3.99. The third-order valence-electron chi connectivity index (χ3n) is 2.00. The fraction of sp³-hybridized carbons (Fsp3) is 0.100. The molecule has 0 aliphatic heterocycles. The zero-order valence-electron chi connectivity index (χ0n) is 7.32. The molecule has 1 aromatic heterocycles. The Kier molecular flexibility index (Phi) is 1.77. The molecule has 0 aliphatic carbocycles. The fourth-order valence-corrected chi connectivity index (χ4v) is 1.30. The molecule has 0 saturated heterocycles. The van der Waals surface area contributed by atoms with Crippen LogP contribution in [0.5, 0.6) is 5.75 Å². The van der Waals surface area contributed by atoms with Gasteiger partial charge in [0.1, 0.15) is 11.6 Å². The van der Waals surface area contributed by atoms with Crippen LogP contribution in [0.15, 0.2) is 30.5 Å². The van der Waals surface area contributed by atoms with Crippen molar-refractivity contribution in [3.8, 4) is 5.75 Å². The van der Waals surface area contributed by atoms with Crippen LogP contribution in [0.4, 0.5) is 5.82 Å². The number of ether oxygens (including phenoxy) is 1. The molecule has 0 aliphatic rings. The van der Waals surface area contributed by atoms with E-state index in [4.69, 9.17) is 10.5 Å². The summed E-state index contributed by atoms with van der Waals surface area (Å²) in [6.45, 7) is 0. The molecule has 0 radical (unpaired) electrons. The van der Waals surface area contributed by atoms with Gasteiger partial charge in [0.05, 0.1) is 7.11 Å². The van der Waals surface area contributed by atoms with E-state index in [2.05, 4.69) is 4.98 Å². The van der Waals surface area contributed by atoms with Crippen molar-refractivity contribution in [2.24, 2.45) is 0 Å². The molecule has 0 saturated carbocycles. The summed E-state index contributed by atoms with van der Waals surface area (Å²) in [6, 6.07) is 7.68. The van der Waals surface area contributed by atoms with Crippen molar-refractivity contribution < 1.29 is 4.74 Å². The quantitative estimate of drug-likeness (QED) is 0.717. The molecule has 0 bridgehead atoms. The Morgan fingerprint density at radius 2 is 2.15 bits per heavy atom. The number of nitrogens with zero attached hydrogens (tertiary/aromatic N) is 1. The summed E-state index contributed by atoms with van der Waals surface area (Å²) in [7, 11) is 1.63. The highest BCUT2D eigenvalue weighted by molar-refractivity contribution is 5.91. The maximum absolute atomic E-state index is 5.71. The Hall–Kier alpha value is -1.77. The number of hydrogen-bond donors (Lipinski definition) is 1. The second kappa shape index (κ2) is 2.94. The largest absolute Gasteiger partial charge is 0.497 e. The van der Waals surface area contributed by atoms with Gasteiger partial charge in [-0.15, -0.1) is 0 Å². The van der Waals surface area contributed by atoms with Crippen LogP contribution in [0.3, 0.4) is 0 Å². The van der Waals surface area contributed by atoms with Crippen LogP contribution in [0.2, 0.25) is 0 Å². The van der Waals surface area contributed by atoms with Gasteiger partial charge in [0.15, 0.2) is 0 Å². The summed E-state index contributed by atoms with van der Waals surface area (Å²) in [6.07, 6.45) is 1.70. The minimum absolute atomic E-state index is 0.538. The SMILES string of the molecule is COc1ccc2ccnc(N)c2c1. The molecule has 0 fully saturated rings. The van der Waals surface area contributed by atoms with Gasteiger partial charge in [-0.2, -0.15) is 0 Å². The van der Waals surface area contributed by atoms with Crippen molar-refractivity contribution in [3.63, 3.8) is 0 Å². The van der Waals surface area contributed by atoms with Crippen molar-refractivity contribution in [3.05, 3.63) is 30.5 Å². The summed E-state index contributed by atoms with van der Waals surface area (Å²) in [4.78, 5) is 4.00. The lowest BCUT2D eigenvalue weighted by atomic mass is 10.1. The maximum Gasteiger partial charge on any atom is 0.131 e. The standard InChI is InChI=1S/C10H10N2O/c1-13-8-3-2-7-4-5-12-10(11)9(7)6-8/h2-6H,1H3,(H2,11,12). The van der Waals surface area contributed by atoms with Gasteiger partial charge in [-0.1, -0.05) is 6.07 Å². The van der Waals surface area contributed by atoms with Gasteiger partial charge < -0.3 is 10.5 Å². The second-order valence-electron chi connectivity index (χ2n) is 2.78. The van der Waals surface area contributed by atoms with E-state index in [-0.39, 0.29) is 0 Å². The van der Waals surface area contributed by atoms with Crippen molar-refractivity contribution in [2.45, 2.75) is 0 Å². The third-order valence-corrected chi connectivity index (χ3v) is 2.00. The summed E-state index contributed by atoms with van der Waals surface area (Å²) >= 11 is 0. The normalized spacial score (nSPS) is 10.2. The van der Waals surface area contributed by atoms with Gasteiger partial charge in [0.2, 0.25) is 0 Å². The van der Waals surface area contributed by atoms with E-state index in [1.807, 2.05) is 24.3 Å². The van der Waals surface area contributed by atoms with Gasteiger partial charge in [0.25, 0.3) is 0 Å². The number of anilines is 1. The number of nitrogens with two attached hydrogens (primary N) is 1. The molecule has 0 unspecified atom stereocenters. The number of nitrogen functional groups attached to an aromatic ring is 1. The van der Waals surface area contributed by atoms with E-state index >= 15 is 0 Å². The van der Waals surface area contributed by atoms with Crippen molar-refractivity contribution in [2.75, 3.05) is 12.8 Å². The Morgan fingerprint density at radius 3 is 2.92 bits per heavy atom. The van der Waals surface area contributed by atoms with E-state index < -0.39 is 0 Å². The molecule has 2 aromatic rings. The molecule has 0 amide bonds. The molecular weight excluding hydrogens is 164 g/mol. The molecule has 13 heavy (non-hydrogen) atoms. The summed E-state index contributed by atoms with van der Waals surface area (Å²) in [5, 5.41) is 2.01. The zero-order chi connectivity index (χ0) is 9.26. The molecule has 2 rings (SSSR count). The average molecular weight is 174 g/mol. The van der Waals surface area contributed by atoms with Crippen LogP contribution in [0.25, 0.3) is 10.8 Å². The molecule has 0 atom stereocenters. The van der Waals surface area contributed by atoms with E-state index in [0.29, 0.717) is 5.82 Å². The Morgan fingerprint density at radius 1 is 1.31 bits per heavy atom. The minimum atomic E-state index is 0.538. The van der Waals surface area contributed by atoms with Crippen LogP contribution in [-0.4, -0.2) is 12.1 Å². The number of pyridine rings is 1. The molecule has 66 valence electrons. The Balaban J connectivity index is 2.74. The van der Waals surface area contributed by atoms with Gasteiger partial charge in [0, 0.05) is 11.6 Å². The third kappa shape index (κ3) is 1.28. The highest BCUT2D eigenvalue weighted by Crippen LogP contribution is 2.23. The van der Waals surface area contributed by atoms with Crippen LogP contribution >= 0.6 is 0 Å². The van der Waals surface area contributed by atoms with Gasteiger partial charge >= 0.3 is 0 Å². The Bertz CT molecular complexity index is 440. The van der Waals surface area contributed by atoms with Crippen LogP contribution in [-0.2, 0) is 0 Å². The highest BCUT2D eigenvalue weighted by atomic mass is 16.5. The lowest BCUT2D eigenvalue weighted by Gasteiger charge is -2.03.